The summed E-state index contributed by atoms with van der Waals surface area (Å²) in [7, 11) is 2.12. The lowest BCUT2D eigenvalue weighted by Gasteiger charge is -2.25. The van der Waals surface area contributed by atoms with E-state index in [9.17, 15) is 4.79 Å². The monoisotopic (exact) mass is 453 g/mol. The Balaban J connectivity index is 1.34. The number of carbonyl (C=O) groups is 1. The molecule has 7 nitrogen and oxygen atoms in total. The Labute approximate surface area is 199 Å². The molecule has 0 radical (unpaired) electrons. The molecule has 1 fully saturated rings. The Morgan fingerprint density at radius 3 is 2.62 bits per heavy atom. The third-order valence-electron chi connectivity index (χ3n) is 6.14. The van der Waals surface area contributed by atoms with Crippen LogP contribution in [0.4, 0.5) is 0 Å². The molecule has 0 spiro atoms. The summed E-state index contributed by atoms with van der Waals surface area (Å²) in [4.78, 5) is 30.6. The Morgan fingerprint density at radius 1 is 0.941 bits per heavy atom. The molecular weight excluding hydrogens is 426 g/mol. The molecule has 7 heteroatoms. The van der Waals surface area contributed by atoms with Gasteiger partial charge in [0.1, 0.15) is 5.75 Å². The Morgan fingerprint density at radius 2 is 1.74 bits per heavy atom. The Kier molecular flexibility index (Phi) is 6.44. The molecule has 172 valence electrons. The molecule has 4 aromatic rings. The molecular formula is C27H27N5O2. The molecule has 0 aliphatic carbocycles. The lowest BCUT2D eigenvalue weighted by molar-refractivity contribution is 0.0746. The van der Waals surface area contributed by atoms with Crippen molar-refractivity contribution >= 4 is 16.8 Å². The van der Waals surface area contributed by atoms with E-state index in [4.69, 9.17) is 4.74 Å². The molecule has 2 aromatic heterocycles. The molecule has 34 heavy (non-hydrogen) atoms. The van der Waals surface area contributed by atoms with Crippen LogP contribution in [0.25, 0.3) is 10.9 Å². The molecule has 1 saturated heterocycles. The van der Waals surface area contributed by atoms with Gasteiger partial charge in [-0.05, 0) is 55.3 Å². The maximum Gasteiger partial charge on any atom is 0.321 e. The van der Waals surface area contributed by atoms with E-state index in [-0.39, 0.29) is 11.9 Å². The van der Waals surface area contributed by atoms with Crippen molar-refractivity contribution in [1.29, 1.82) is 0 Å². The third-order valence-corrected chi connectivity index (χ3v) is 6.14. The van der Waals surface area contributed by atoms with E-state index < -0.39 is 0 Å². The summed E-state index contributed by atoms with van der Waals surface area (Å²) in [6, 6.07) is 19.6. The first-order valence-corrected chi connectivity index (χ1v) is 11.5. The average Bonchev–Trinajstić information content (AvgIpc) is 3.05. The van der Waals surface area contributed by atoms with Gasteiger partial charge >= 0.3 is 6.01 Å². The molecule has 1 aliphatic heterocycles. The minimum Gasteiger partial charge on any atom is -0.424 e. The van der Waals surface area contributed by atoms with Gasteiger partial charge in [-0.2, -0.15) is 0 Å². The first-order chi connectivity index (χ1) is 16.7. The highest BCUT2D eigenvalue weighted by Crippen LogP contribution is 2.23. The summed E-state index contributed by atoms with van der Waals surface area (Å²) < 4.78 is 5.73. The van der Waals surface area contributed by atoms with Gasteiger partial charge in [0.2, 0.25) is 0 Å². The molecule has 0 saturated carbocycles. The summed E-state index contributed by atoms with van der Waals surface area (Å²) in [5.74, 6) is 0.861. The van der Waals surface area contributed by atoms with Gasteiger partial charge in [0, 0.05) is 55.7 Å². The lowest BCUT2D eigenvalue weighted by Crippen LogP contribution is -2.36. The molecule has 0 N–H and O–H groups in total. The van der Waals surface area contributed by atoms with E-state index in [1.807, 2.05) is 29.3 Å². The quantitative estimate of drug-likeness (QED) is 0.454. The number of pyridine rings is 1. The number of aromatic nitrogens is 3. The number of nitrogens with zero attached hydrogens (tertiary/aromatic N) is 5. The van der Waals surface area contributed by atoms with Crippen molar-refractivity contribution in [3.8, 4) is 11.8 Å². The van der Waals surface area contributed by atoms with Crippen LogP contribution in [-0.2, 0) is 6.42 Å². The number of carbonyl (C=O) groups excluding carboxylic acids is 1. The molecule has 2 aromatic carbocycles. The number of fused-ring (bicyclic) bond motifs is 1. The SMILES string of the molecule is CN1CCN(C(=O)c2cccc(Oc3ncccn3)c2)C[C@H](Cc2cccc3cccnc23)C1. The predicted molar refractivity (Wildman–Crippen MR) is 131 cm³/mol. The van der Waals surface area contributed by atoms with E-state index >= 15 is 0 Å². The highest BCUT2D eigenvalue weighted by molar-refractivity contribution is 5.94. The van der Waals surface area contributed by atoms with E-state index in [1.165, 1.54) is 5.56 Å². The first kappa shape index (κ1) is 22.0. The highest BCUT2D eigenvalue weighted by atomic mass is 16.5. The summed E-state index contributed by atoms with van der Waals surface area (Å²) >= 11 is 0. The van der Waals surface area contributed by atoms with Gasteiger partial charge in [-0.3, -0.25) is 9.78 Å². The molecule has 1 atom stereocenters. The van der Waals surface area contributed by atoms with Crippen LogP contribution < -0.4 is 4.74 Å². The number of hydrogen-bond donors (Lipinski definition) is 0. The molecule has 1 amide bonds. The van der Waals surface area contributed by atoms with Crippen LogP contribution in [0.3, 0.4) is 0 Å². The maximum atomic E-state index is 13.5. The van der Waals surface area contributed by atoms with Crippen LogP contribution in [-0.4, -0.2) is 63.9 Å². The molecule has 5 rings (SSSR count). The summed E-state index contributed by atoms with van der Waals surface area (Å²) in [5, 5.41) is 1.15. The van der Waals surface area contributed by atoms with Crippen molar-refractivity contribution in [1.82, 2.24) is 24.8 Å². The van der Waals surface area contributed by atoms with Crippen LogP contribution in [0, 0.1) is 5.92 Å². The van der Waals surface area contributed by atoms with Crippen LogP contribution in [0.2, 0.25) is 0 Å². The standard InChI is InChI=1S/C27H27N5O2/c1-31-14-15-32(19-20(18-31)16-22-7-2-6-21-9-4-11-28-25(21)22)26(33)23-8-3-10-24(17-23)34-27-29-12-5-13-30-27/h2-13,17,20H,14-16,18-19H2,1H3/t20-/m1/s1. The zero-order chi connectivity index (χ0) is 23.3. The fourth-order valence-corrected chi connectivity index (χ4v) is 4.56. The van der Waals surface area contributed by atoms with Gasteiger partial charge in [0.25, 0.3) is 5.91 Å². The van der Waals surface area contributed by atoms with E-state index in [0.29, 0.717) is 30.3 Å². The van der Waals surface area contributed by atoms with Crippen LogP contribution in [0.15, 0.2) is 79.3 Å². The summed E-state index contributed by atoms with van der Waals surface area (Å²) in [6.07, 6.45) is 5.96. The Bertz CT molecular complexity index is 1280. The van der Waals surface area contributed by atoms with Gasteiger partial charge in [-0.25, -0.2) is 9.97 Å². The van der Waals surface area contributed by atoms with Gasteiger partial charge in [-0.15, -0.1) is 0 Å². The zero-order valence-electron chi connectivity index (χ0n) is 19.2. The van der Waals surface area contributed by atoms with Crippen molar-refractivity contribution in [2.24, 2.45) is 5.92 Å². The van der Waals surface area contributed by atoms with Gasteiger partial charge in [0.05, 0.1) is 5.52 Å². The van der Waals surface area contributed by atoms with Crippen molar-refractivity contribution in [2.75, 3.05) is 33.2 Å². The second-order valence-electron chi connectivity index (χ2n) is 8.74. The number of amides is 1. The smallest absolute Gasteiger partial charge is 0.321 e. The van der Waals surface area contributed by atoms with Crippen molar-refractivity contribution in [2.45, 2.75) is 6.42 Å². The number of benzene rings is 2. The molecule has 3 heterocycles. The predicted octanol–water partition coefficient (Wildman–Crippen LogP) is 4.06. The Hall–Kier alpha value is -3.84. The molecule has 0 unspecified atom stereocenters. The van der Waals surface area contributed by atoms with Crippen LogP contribution in [0.1, 0.15) is 15.9 Å². The van der Waals surface area contributed by atoms with Crippen LogP contribution >= 0.6 is 0 Å². The van der Waals surface area contributed by atoms with Crippen molar-refractivity contribution < 1.29 is 9.53 Å². The van der Waals surface area contributed by atoms with Gasteiger partial charge in [0.15, 0.2) is 0 Å². The first-order valence-electron chi connectivity index (χ1n) is 11.5. The van der Waals surface area contributed by atoms with E-state index in [2.05, 4.69) is 51.2 Å². The highest BCUT2D eigenvalue weighted by Gasteiger charge is 2.26. The summed E-state index contributed by atoms with van der Waals surface area (Å²) in [5.41, 5.74) is 2.87. The fourth-order valence-electron chi connectivity index (χ4n) is 4.56. The molecule has 1 aliphatic rings. The second kappa shape index (κ2) is 9.97. The van der Waals surface area contributed by atoms with Gasteiger partial charge < -0.3 is 14.5 Å². The normalized spacial score (nSPS) is 16.9. The van der Waals surface area contributed by atoms with E-state index in [1.54, 1.807) is 30.6 Å². The fraction of sp³-hybridized carbons (Fsp3) is 0.259. The van der Waals surface area contributed by atoms with Gasteiger partial charge in [-0.1, -0.05) is 30.3 Å². The topological polar surface area (TPSA) is 71.5 Å². The molecule has 0 bridgehead atoms. The van der Waals surface area contributed by atoms with Crippen molar-refractivity contribution in [3.05, 3.63) is 90.4 Å². The minimum atomic E-state index is 0.00998. The maximum absolute atomic E-state index is 13.5. The second-order valence-corrected chi connectivity index (χ2v) is 8.74. The third kappa shape index (κ3) is 5.05. The summed E-state index contributed by atoms with van der Waals surface area (Å²) in [6.45, 7) is 3.15. The minimum absolute atomic E-state index is 0.00998. The number of rotatable bonds is 5. The largest absolute Gasteiger partial charge is 0.424 e. The van der Waals surface area contributed by atoms with E-state index in [0.717, 1.165) is 30.4 Å². The lowest BCUT2D eigenvalue weighted by atomic mass is 9.96. The van der Waals surface area contributed by atoms with Crippen LogP contribution in [0.5, 0.6) is 11.8 Å². The van der Waals surface area contributed by atoms with Crippen molar-refractivity contribution in [3.63, 3.8) is 0 Å². The number of para-hydroxylation sites is 1. The average molecular weight is 454 g/mol. The number of likely N-dealkylation sites (N-methyl/N-ethyl adjacent to an activating group) is 1. The zero-order valence-corrected chi connectivity index (χ0v) is 19.2. The number of hydrogen-bond acceptors (Lipinski definition) is 6. The number of ether oxygens (including phenoxy) is 1.